The highest BCUT2D eigenvalue weighted by molar-refractivity contribution is 6.15. The summed E-state index contributed by atoms with van der Waals surface area (Å²) < 4.78 is 4.57. The van der Waals surface area contributed by atoms with Gasteiger partial charge in [0.05, 0.1) is 27.8 Å². The summed E-state index contributed by atoms with van der Waals surface area (Å²) in [4.78, 5) is 10.4. The normalized spacial score (nSPS) is 11.8. The molecule has 0 aliphatic rings. The van der Waals surface area contributed by atoms with Crippen LogP contribution in [0.2, 0.25) is 0 Å². The molecule has 0 amide bonds. The van der Waals surface area contributed by atoms with Gasteiger partial charge in [-0.1, -0.05) is 109 Å². The van der Waals surface area contributed by atoms with Crippen LogP contribution in [-0.2, 0) is 0 Å². The summed E-state index contributed by atoms with van der Waals surface area (Å²) in [6.07, 6.45) is 0. The molecule has 42 heavy (non-hydrogen) atoms. The van der Waals surface area contributed by atoms with Crippen molar-refractivity contribution < 1.29 is 0 Å². The monoisotopic (exact) mass is 536 g/mol. The second-order valence-corrected chi connectivity index (χ2v) is 10.7. The lowest BCUT2D eigenvalue weighted by Gasteiger charge is -2.10. The highest BCUT2D eigenvalue weighted by atomic mass is 15.1. The second-order valence-electron chi connectivity index (χ2n) is 10.7. The summed E-state index contributed by atoms with van der Waals surface area (Å²) in [5.41, 5.74) is 11.9. The van der Waals surface area contributed by atoms with Crippen molar-refractivity contribution in [2.75, 3.05) is 0 Å². The summed E-state index contributed by atoms with van der Waals surface area (Å²) in [7, 11) is 0. The first-order valence-corrected chi connectivity index (χ1v) is 14.2. The summed E-state index contributed by atoms with van der Waals surface area (Å²) in [5.74, 6) is 0.932. The number of nitrogens with zero attached hydrogens (tertiary/aromatic N) is 4. The van der Waals surface area contributed by atoms with E-state index >= 15 is 0 Å². The Labute approximate surface area is 242 Å². The predicted octanol–water partition coefficient (Wildman–Crippen LogP) is 9.42. The molecule has 9 aromatic rings. The first-order valence-electron chi connectivity index (χ1n) is 14.2. The lowest BCUT2D eigenvalue weighted by molar-refractivity contribution is 1.10. The molecule has 5 aromatic carbocycles. The fourth-order valence-electron chi connectivity index (χ4n) is 6.43. The van der Waals surface area contributed by atoms with E-state index in [2.05, 4.69) is 148 Å². The van der Waals surface area contributed by atoms with Crippen LogP contribution in [0.5, 0.6) is 0 Å². The molecular weight excluding hydrogens is 512 g/mol. The van der Waals surface area contributed by atoms with Gasteiger partial charge in [-0.15, -0.1) is 0 Å². The summed E-state index contributed by atoms with van der Waals surface area (Å²) in [6.45, 7) is 0. The molecule has 0 unspecified atom stereocenters. The fourth-order valence-corrected chi connectivity index (χ4v) is 6.43. The zero-order valence-corrected chi connectivity index (χ0v) is 22.6. The average Bonchev–Trinajstić information content (AvgIpc) is 3.75. The van der Waals surface area contributed by atoms with Crippen molar-refractivity contribution in [1.29, 1.82) is 0 Å². The van der Waals surface area contributed by atoms with E-state index in [1.807, 2.05) is 6.07 Å². The van der Waals surface area contributed by atoms with Crippen LogP contribution in [0, 0.1) is 0 Å². The maximum atomic E-state index is 5.31. The van der Waals surface area contributed by atoms with Crippen LogP contribution in [-0.4, -0.2) is 18.9 Å². The maximum Gasteiger partial charge on any atom is 0.145 e. The number of aromatic nitrogens is 4. The number of pyridine rings is 1. The van der Waals surface area contributed by atoms with Gasteiger partial charge >= 0.3 is 0 Å². The lowest BCUT2D eigenvalue weighted by atomic mass is 10.00. The Kier molecular flexibility index (Phi) is 4.87. The van der Waals surface area contributed by atoms with Crippen LogP contribution in [0.4, 0.5) is 0 Å². The second kappa shape index (κ2) is 8.88. The van der Waals surface area contributed by atoms with E-state index < -0.39 is 0 Å². The minimum Gasteiger partial charge on any atom is -0.292 e. The predicted molar refractivity (Wildman–Crippen MR) is 172 cm³/mol. The molecule has 9 rings (SSSR count). The topological polar surface area (TPSA) is 35.1 Å². The number of benzene rings is 5. The van der Waals surface area contributed by atoms with Gasteiger partial charge in [-0.25, -0.2) is 9.97 Å². The number of rotatable bonds is 4. The summed E-state index contributed by atoms with van der Waals surface area (Å²) >= 11 is 0. The third-order valence-electron chi connectivity index (χ3n) is 8.28. The van der Waals surface area contributed by atoms with Crippen LogP contribution in [0.25, 0.3) is 77.9 Å². The van der Waals surface area contributed by atoms with Crippen molar-refractivity contribution >= 4 is 38.5 Å². The molecule has 0 aliphatic heterocycles. The Bertz CT molecular complexity index is 2380. The van der Waals surface area contributed by atoms with Gasteiger partial charge in [0.1, 0.15) is 11.5 Å². The molecule has 0 saturated carbocycles. The van der Waals surface area contributed by atoms with E-state index in [9.17, 15) is 0 Å². The third-order valence-corrected chi connectivity index (χ3v) is 8.28. The van der Waals surface area contributed by atoms with Gasteiger partial charge in [-0.3, -0.25) is 8.97 Å². The number of hydrogen-bond acceptors (Lipinski definition) is 2. The van der Waals surface area contributed by atoms with Gasteiger partial charge in [0.25, 0.3) is 0 Å². The van der Waals surface area contributed by atoms with Crippen molar-refractivity contribution in [1.82, 2.24) is 18.9 Å². The molecule has 4 heterocycles. The zero-order valence-electron chi connectivity index (χ0n) is 22.6. The van der Waals surface area contributed by atoms with E-state index in [1.54, 1.807) is 0 Å². The molecular formula is C38H24N4. The summed E-state index contributed by atoms with van der Waals surface area (Å²) in [5, 5.41) is 2.42. The van der Waals surface area contributed by atoms with Gasteiger partial charge in [0.2, 0.25) is 0 Å². The summed E-state index contributed by atoms with van der Waals surface area (Å²) in [6, 6.07) is 51.1. The fraction of sp³-hybridized carbons (Fsp3) is 0. The van der Waals surface area contributed by atoms with Crippen molar-refractivity contribution in [2.45, 2.75) is 0 Å². The van der Waals surface area contributed by atoms with Crippen molar-refractivity contribution in [3.63, 3.8) is 0 Å². The largest absolute Gasteiger partial charge is 0.292 e. The Morgan fingerprint density at radius 3 is 1.95 bits per heavy atom. The Balaban J connectivity index is 1.33. The van der Waals surface area contributed by atoms with E-state index in [-0.39, 0.29) is 0 Å². The molecule has 4 nitrogen and oxygen atoms in total. The van der Waals surface area contributed by atoms with Crippen LogP contribution in [0.15, 0.2) is 146 Å². The average molecular weight is 537 g/mol. The highest BCUT2D eigenvalue weighted by Crippen LogP contribution is 2.40. The molecule has 0 fully saturated rings. The Hall–Kier alpha value is -5.74. The SMILES string of the molecule is c1ccc(-c2nc3cccc4c5ccc(-c6cccc7c6nc(-c6ccccc6)n7-c6ccccc6)cc5c2n34)cc1. The highest BCUT2D eigenvalue weighted by Gasteiger charge is 2.21. The maximum absolute atomic E-state index is 5.31. The first-order chi connectivity index (χ1) is 20.8. The molecule has 4 aromatic heterocycles. The Morgan fingerprint density at radius 1 is 0.476 bits per heavy atom. The quantitative estimate of drug-likeness (QED) is 0.225. The van der Waals surface area contributed by atoms with Crippen molar-refractivity contribution in [3.8, 4) is 39.5 Å². The van der Waals surface area contributed by atoms with Crippen LogP contribution < -0.4 is 0 Å². The lowest BCUT2D eigenvalue weighted by Crippen LogP contribution is -1.97. The number of hydrogen-bond donors (Lipinski definition) is 0. The molecule has 0 saturated heterocycles. The number of imidazole rings is 2. The van der Waals surface area contributed by atoms with E-state index in [4.69, 9.17) is 9.97 Å². The Morgan fingerprint density at radius 2 is 1.17 bits per heavy atom. The van der Waals surface area contributed by atoms with Gasteiger partial charge in [0, 0.05) is 33.2 Å². The van der Waals surface area contributed by atoms with E-state index in [1.165, 1.54) is 16.3 Å². The van der Waals surface area contributed by atoms with Crippen molar-refractivity contribution in [2.24, 2.45) is 0 Å². The van der Waals surface area contributed by atoms with Crippen LogP contribution in [0.1, 0.15) is 0 Å². The van der Waals surface area contributed by atoms with Gasteiger partial charge in [-0.05, 0) is 42.0 Å². The van der Waals surface area contributed by atoms with E-state index in [0.29, 0.717) is 0 Å². The standard InChI is InChI=1S/C38H24N4/c1-4-12-25(13-5-1)35-37-31-24-27(22-23-30(31)32-19-11-21-34(39-35)42(32)37)29-18-10-20-33-36(29)40-38(26-14-6-2-7-15-26)41(33)28-16-8-3-9-17-28/h1-24H. The first kappa shape index (κ1) is 23.0. The molecule has 0 aliphatic carbocycles. The third kappa shape index (κ3) is 3.29. The van der Waals surface area contributed by atoms with Crippen LogP contribution in [0.3, 0.4) is 0 Å². The number of fused-ring (bicyclic) bond motifs is 4. The van der Waals surface area contributed by atoms with Gasteiger partial charge < -0.3 is 0 Å². The minimum atomic E-state index is 0.932. The molecule has 4 heteroatoms. The molecule has 196 valence electrons. The number of para-hydroxylation sites is 2. The smallest absolute Gasteiger partial charge is 0.145 e. The molecule has 0 atom stereocenters. The van der Waals surface area contributed by atoms with Gasteiger partial charge in [0.15, 0.2) is 0 Å². The molecule has 0 radical (unpaired) electrons. The van der Waals surface area contributed by atoms with Crippen LogP contribution >= 0.6 is 0 Å². The minimum absolute atomic E-state index is 0.932. The van der Waals surface area contributed by atoms with E-state index in [0.717, 1.165) is 61.7 Å². The molecule has 0 spiro atoms. The zero-order chi connectivity index (χ0) is 27.6. The van der Waals surface area contributed by atoms with Crippen molar-refractivity contribution in [3.05, 3.63) is 146 Å². The van der Waals surface area contributed by atoms with Gasteiger partial charge in [-0.2, -0.15) is 0 Å². The molecule has 0 N–H and O–H groups in total. The molecule has 0 bridgehead atoms.